The molecule has 3 heterocycles. The van der Waals surface area contributed by atoms with Gasteiger partial charge in [0.1, 0.15) is 0 Å². The molecule has 0 unspecified atom stereocenters. The zero-order chi connectivity index (χ0) is 15.8. The van der Waals surface area contributed by atoms with E-state index in [0.29, 0.717) is 0 Å². The molecule has 4 nitrogen and oxygen atoms in total. The van der Waals surface area contributed by atoms with Crippen molar-refractivity contribution in [3.8, 4) is 11.4 Å². The molecule has 1 saturated heterocycles. The highest BCUT2D eigenvalue weighted by molar-refractivity contribution is 5.96. The van der Waals surface area contributed by atoms with E-state index in [1.807, 2.05) is 24.4 Å². The van der Waals surface area contributed by atoms with Gasteiger partial charge < -0.3 is 10.7 Å². The van der Waals surface area contributed by atoms with Gasteiger partial charge in [0.25, 0.3) is 0 Å². The summed E-state index contributed by atoms with van der Waals surface area (Å²) in [7, 11) is 0. The molecule has 0 saturated carbocycles. The summed E-state index contributed by atoms with van der Waals surface area (Å²) in [5, 5.41) is 1.19. The molecule has 2 N–H and O–H groups in total. The third kappa shape index (κ3) is 2.44. The van der Waals surface area contributed by atoms with Gasteiger partial charge in [0.05, 0.1) is 22.6 Å². The number of nitrogens with zero attached hydrogens (tertiary/aromatic N) is 3. The molecule has 23 heavy (non-hydrogen) atoms. The summed E-state index contributed by atoms with van der Waals surface area (Å²) in [6.07, 6.45) is 5.65. The van der Waals surface area contributed by atoms with Gasteiger partial charge in [-0.2, -0.15) is 0 Å². The van der Waals surface area contributed by atoms with Gasteiger partial charge in [0, 0.05) is 24.7 Å². The molecule has 118 valence electrons. The Labute approximate surface area is 136 Å². The largest absolute Gasteiger partial charge is 0.370 e. The molecule has 4 heteroatoms. The van der Waals surface area contributed by atoms with Crippen LogP contribution in [0.5, 0.6) is 0 Å². The van der Waals surface area contributed by atoms with Crippen molar-refractivity contribution >= 4 is 16.6 Å². The van der Waals surface area contributed by atoms with E-state index >= 15 is 0 Å². The van der Waals surface area contributed by atoms with Crippen LogP contribution < -0.4 is 10.7 Å². The maximum Gasteiger partial charge on any atom is 0.0931 e. The predicted molar refractivity (Wildman–Crippen MR) is 96.1 cm³/mol. The molecule has 0 atom stereocenters. The van der Waals surface area contributed by atoms with E-state index in [1.165, 1.54) is 35.9 Å². The van der Waals surface area contributed by atoms with E-state index in [1.54, 1.807) is 4.68 Å². The first-order chi connectivity index (χ1) is 11.2. The molecule has 0 bridgehead atoms. The first kappa shape index (κ1) is 14.1. The molecular formula is C19H22N4. The molecule has 4 rings (SSSR count). The summed E-state index contributed by atoms with van der Waals surface area (Å²) in [4.78, 5) is 6.93. The van der Waals surface area contributed by atoms with Gasteiger partial charge in [-0.15, -0.1) is 0 Å². The maximum absolute atomic E-state index is 6.48. The SMILES string of the molecule is Cc1cc(N2CCCCC2)c2c(c1)cc(-c1ccccn1)n2N. The molecule has 0 amide bonds. The highest BCUT2D eigenvalue weighted by Crippen LogP contribution is 2.34. The van der Waals surface area contributed by atoms with Gasteiger partial charge in [-0.25, -0.2) is 0 Å². The van der Waals surface area contributed by atoms with Crippen molar-refractivity contribution in [1.82, 2.24) is 9.66 Å². The van der Waals surface area contributed by atoms with Gasteiger partial charge in [0.2, 0.25) is 0 Å². The third-order valence-electron chi connectivity index (χ3n) is 4.68. The zero-order valence-corrected chi connectivity index (χ0v) is 13.5. The Kier molecular flexibility index (Phi) is 3.45. The van der Waals surface area contributed by atoms with E-state index < -0.39 is 0 Å². The maximum atomic E-state index is 6.48. The second-order valence-electron chi connectivity index (χ2n) is 6.38. The second-order valence-corrected chi connectivity index (χ2v) is 6.38. The quantitative estimate of drug-likeness (QED) is 0.734. The highest BCUT2D eigenvalue weighted by atomic mass is 15.3. The van der Waals surface area contributed by atoms with Crippen molar-refractivity contribution in [3.63, 3.8) is 0 Å². The average Bonchev–Trinajstić information content (AvgIpc) is 2.92. The fourth-order valence-corrected chi connectivity index (χ4v) is 3.58. The summed E-state index contributed by atoms with van der Waals surface area (Å²) in [5.41, 5.74) is 5.51. The molecule has 1 aromatic carbocycles. The Bertz CT molecular complexity index is 829. The van der Waals surface area contributed by atoms with Crippen LogP contribution >= 0.6 is 0 Å². The normalized spacial score (nSPS) is 15.3. The minimum Gasteiger partial charge on any atom is -0.370 e. The molecule has 2 aromatic heterocycles. The lowest BCUT2D eigenvalue weighted by molar-refractivity contribution is 0.578. The molecule has 3 aromatic rings. The average molecular weight is 306 g/mol. The number of aromatic nitrogens is 2. The van der Waals surface area contributed by atoms with Crippen LogP contribution in [0.1, 0.15) is 24.8 Å². The zero-order valence-electron chi connectivity index (χ0n) is 13.5. The van der Waals surface area contributed by atoms with E-state index in [0.717, 1.165) is 30.0 Å². The van der Waals surface area contributed by atoms with Crippen LogP contribution in [0, 0.1) is 6.92 Å². The summed E-state index contributed by atoms with van der Waals surface area (Å²) in [5.74, 6) is 6.48. The summed E-state index contributed by atoms with van der Waals surface area (Å²) < 4.78 is 1.81. The van der Waals surface area contributed by atoms with Gasteiger partial charge in [-0.1, -0.05) is 6.07 Å². The van der Waals surface area contributed by atoms with Crippen LogP contribution in [0.15, 0.2) is 42.6 Å². The smallest absolute Gasteiger partial charge is 0.0931 e. The topological polar surface area (TPSA) is 47.1 Å². The summed E-state index contributed by atoms with van der Waals surface area (Å²) in [6.45, 7) is 4.38. The van der Waals surface area contributed by atoms with E-state index in [-0.39, 0.29) is 0 Å². The van der Waals surface area contributed by atoms with Gasteiger partial charge in [-0.05, 0) is 62.1 Å². The van der Waals surface area contributed by atoms with Gasteiger partial charge in [-0.3, -0.25) is 9.66 Å². The van der Waals surface area contributed by atoms with Crippen molar-refractivity contribution in [2.45, 2.75) is 26.2 Å². The van der Waals surface area contributed by atoms with Crippen LogP contribution in [0.25, 0.3) is 22.3 Å². The van der Waals surface area contributed by atoms with Crippen LogP contribution in [0.2, 0.25) is 0 Å². The predicted octanol–water partition coefficient (Wildman–Crippen LogP) is 3.72. The number of rotatable bonds is 2. The molecule has 0 spiro atoms. The van der Waals surface area contributed by atoms with E-state index in [4.69, 9.17) is 5.84 Å². The first-order valence-corrected chi connectivity index (χ1v) is 8.31. The van der Waals surface area contributed by atoms with Crippen molar-refractivity contribution in [2.75, 3.05) is 23.8 Å². The minimum atomic E-state index is 0.911. The van der Waals surface area contributed by atoms with Crippen LogP contribution in [-0.4, -0.2) is 22.7 Å². The van der Waals surface area contributed by atoms with Gasteiger partial charge >= 0.3 is 0 Å². The molecule has 1 aliphatic rings. The second kappa shape index (κ2) is 5.61. The number of hydrogen-bond acceptors (Lipinski definition) is 3. The fraction of sp³-hybridized carbons (Fsp3) is 0.316. The van der Waals surface area contributed by atoms with Crippen molar-refractivity contribution in [2.24, 2.45) is 0 Å². The van der Waals surface area contributed by atoms with Crippen molar-refractivity contribution in [3.05, 3.63) is 48.2 Å². The Morgan fingerprint density at radius 2 is 1.87 bits per heavy atom. The standard InChI is InChI=1S/C19H22N4/c1-14-11-15-13-17(16-7-3-4-8-21-16)23(20)19(15)18(12-14)22-9-5-2-6-10-22/h3-4,7-8,11-13H,2,5-6,9-10,20H2,1H3. The summed E-state index contributed by atoms with van der Waals surface area (Å²) >= 11 is 0. The number of anilines is 1. The van der Waals surface area contributed by atoms with Crippen LogP contribution in [0.4, 0.5) is 5.69 Å². The lowest BCUT2D eigenvalue weighted by atomic mass is 10.1. The van der Waals surface area contributed by atoms with E-state index in [2.05, 4.69) is 35.0 Å². The Morgan fingerprint density at radius 3 is 2.61 bits per heavy atom. The van der Waals surface area contributed by atoms with Crippen LogP contribution in [-0.2, 0) is 0 Å². The fourth-order valence-electron chi connectivity index (χ4n) is 3.58. The van der Waals surface area contributed by atoms with E-state index in [9.17, 15) is 0 Å². The van der Waals surface area contributed by atoms with Crippen LogP contribution in [0.3, 0.4) is 0 Å². The molecule has 1 aliphatic heterocycles. The third-order valence-corrected chi connectivity index (χ3v) is 4.68. The number of fused-ring (bicyclic) bond motifs is 1. The molecule has 1 fully saturated rings. The number of benzene rings is 1. The highest BCUT2D eigenvalue weighted by Gasteiger charge is 2.19. The Morgan fingerprint density at radius 1 is 1.04 bits per heavy atom. The number of aryl methyl sites for hydroxylation is 1. The number of nitrogens with two attached hydrogens (primary N) is 1. The minimum absolute atomic E-state index is 0.911. The number of hydrogen-bond donors (Lipinski definition) is 1. The van der Waals surface area contributed by atoms with Gasteiger partial charge in [0.15, 0.2) is 0 Å². The van der Waals surface area contributed by atoms with Crippen molar-refractivity contribution < 1.29 is 0 Å². The molecule has 0 radical (unpaired) electrons. The molecular weight excluding hydrogens is 284 g/mol. The number of nitrogen functional groups attached to an aromatic ring is 1. The lowest BCUT2D eigenvalue weighted by Gasteiger charge is -2.30. The Balaban J connectivity index is 1.92. The molecule has 0 aliphatic carbocycles. The first-order valence-electron chi connectivity index (χ1n) is 8.31. The van der Waals surface area contributed by atoms with Crippen molar-refractivity contribution in [1.29, 1.82) is 0 Å². The number of piperidine rings is 1. The monoisotopic (exact) mass is 306 g/mol. The Hall–Kier alpha value is -2.49. The number of pyridine rings is 1. The summed E-state index contributed by atoms with van der Waals surface area (Å²) in [6, 6.07) is 12.5. The lowest BCUT2D eigenvalue weighted by Crippen LogP contribution is -2.30.